The van der Waals surface area contributed by atoms with Crippen molar-refractivity contribution >= 4 is 34.8 Å². The quantitative estimate of drug-likeness (QED) is 0.576. The van der Waals surface area contributed by atoms with Crippen LogP contribution in [-0.2, 0) is 4.74 Å². The van der Waals surface area contributed by atoms with Crippen molar-refractivity contribution in [3.05, 3.63) is 36.0 Å². The first kappa shape index (κ1) is 15.8. The maximum absolute atomic E-state index is 11.6. The molecule has 0 atom stereocenters. The second-order valence-corrected chi connectivity index (χ2v) is 4.57. The lowest BCUT2D eigenvalue weighted by Gasteiger charge is -2.13. The molecule has 2 aromatic rings. The summed E-state index contributed by atoms with van der Waals surface area (Å²) in [7, 11) is 1.30. The van der Waals surface area contributed by atoms with E-state index in [2.05, 4.69) is 25.6 Å². The number of aromatic amines is 1. The highest BCUT2D eigenvalue weighted by Gasteiger charge is 2.15. The summed E-state index contributed by atoms with van der Waals surface area (Å²) in [5.74, 6) is 0.541. The van der Waals surface area contributed by atoms with E-state index in [1.54, 1.807) is 0 Å². The molecule has 7 nitrogen and oxygen atoms in total. The van der Waals surface area contributed by atoms with Gasteiger partial charge in [0.25, 0.3) is 0 Å². The number of H-pyrrole nitrogens is 1. The van der Waals surface area contributed by atoms with E-state index in [1.807, 2.05) is 31.2 Å². The zero-order valence-corrected chi connectivity index (χ0v) is 13.0. The van der Waals surface area contributed by atoms with Gasteiger partial charge in [-0.3, -0.25) is 5.10 Å². The average Bonchev–Trinajstić information content (AvgIpc) is 2.96. The van der Waals surface area contributed by atoms with E-state index in [-0.39, 0.29) is 5.56 Å². The molecular weight excluding hydrogens is 304 g/mol. The van der Waals surface area contributed by atoms with Crippen LogP contribution in [0.1, 0.15) is 17.3 Å². The van der Waals surface area contributed by atoms with Gasteiger partial charge in [-0.2, -0.15) is 5.10 Å². The van der Waals surface area contributed by atoms with Gasteiger partial charge in [0.2, 0.25) is 0 Å². The summed E-state index contributed by atoms with van der Waals surface area (Å²) in [6.07, 6.45) is 1.37. The van der Waals surface area contributed by atoms with Crippen molar-refractivity contribution in [3.63, 3.8) is 0 Å². The largest absolute Gasteiger partial charge is 0.492 e. The highest BCUT2D eigenvalue weighted by molar-refractivity contribution is 7.80. The number of carbonyl (C=O) groups excluding carboxylic acids is 1. The molecule has 3 N–H and O–H groups in total. The van der Waals surface area contributed by atoms with Crippen molar-refractivity contribution in [2.75, 3.05) is 24.4 Å². The molecule has 0 aliphatic rings. The molecular formula is C14H16N4O3S. The first-order chi connectivity index (χ1) is 10.7. The maximum atomic E-state index is 11.6. The highest BCUT2D eigenvalue weighted by atomic mass is 32.1. The number of thiocarbonyl (C=S) groups is 1. The summed E-state index contributed by atoms with van der Waals surface area (Å²) in [6, 6.07) is 7.41. The Labute approximate surface area is 133 Å². The minimum Gasteiger partial charge on any atom is -0.492 e. The fraction of sp³-hybridized carbons (Fsp3) is 0.214. The minimum absolute atomic E-state index is 0.268. The number of rotatable bonds is 5. The van der Waals surface area contributed by atoms with Crippen LogP contribution in [0.2, 0.25) is 0 Å². The summed E-state index contributed by atoms with van der Waals surface area (Å²) in [5.41, 5.74) is 0.991. The molecule has 0 saturated carbocycles. The fourth-order valence-electron chi connectivity index (χ4n) is 1.76. The number of ether oxygens (including phenoxy) is 2. The van der Waals surface area contributed by atoms with E-state index in [0.29, 0.717) is 23.3 Å². The predicted molar refractivity (Wildman–Crippen MR) is 87.4 cm³/mol. The Morgan fingerprint density at radius 1 is 1.36 bits per heavy atom. The standard InChI is InChI=1S/C14H16N4O3S/c1-3-21-11-7-5-4-6-10(11)16-14(22)17-12-9(8-15-18-12)13(19)20-2/h4-8H,3H2,1-2H3,(H3,15,16,17,18,22). The van der Waals surface area contributed by atoms with Gasteiger partial charge in [0.1, 0.15) is 17.1 Å². The Hall–Kier alpha value is -2.61. The second kappa shape index (κ2) is 7.41. The molecule has 0 aliphatic carbocycles. The summed E-state index contributed by atoms with van der Waals surface area (Å²) in [6.45, 7) is 2.45. The van der Waals surface area contributed by atoms with Gasteiger partial charge < -0.3 is 20.1 Å². The van der Waals surface area contributed by atoms with Gasteiger partial charge >= 0.3 is 5.97 Å². The molecule has 22 heavy (non-hydrogen) atoms. The predicted octanol–water partition coefficient (Wildman–Crippen LogP) is 2.40. The Bertz CT molecular complexity index is 672. The van der Waals surface area contributed by atoms with Crippen LogP contribution in [0.4, 0.5) is 11.5 Å². The third-order valence-electron chi connectivity index (χ3n) is 2.72. The molecule has 116 valence electrons. The zero-order valence-electron chi connectivity index (χ0n) is 12.2. The first-order valence-electron chi connectivity index (χ1n) is 6.57. The Morgan fingerprint density at radius 2 is 2.14 bits per heavy atom. The number of esters is 1. The SMILES string of the molecule is CCOc1ccccc1NC(=S)Nc1[nH]ncc1C(=O)OC. The number of benzene rings is 1. The number of hydrogen-bond donors (Lipinski definition) is 3. The number of para-hydroxylation sites is 2. The molecule has 1 aromatic carbocycles. The molecule has 0 unspecified atom stereocenters. The maximum Gasteiger partial charge on any atom is 0.343 e. The Morgan fingerprint density at radius 3 is 2.86 bits per heavy atom. The van der Waals surface area contributed by atoms with Crippen LogP contribution < -0.4 is 15.4 Å². The number of nitrogens with zero attached hydrogens (tertiary/aromatic N) is 1. The third-order valence-corrected chi connectivity index (χ3v) is 2.92. The van der Waals surface area contributed by atoms with Crippen molar-refractivity contribution in [1.82, 2.24) is 10.2 Å². The van der Waals surface area contributed by atoms with Crippen molar-refractivity contribution in [2.24, 2.45) is 0 Å². The van der Waals surface area contributed by atoms with Crippen molar-refractivity contribution in [1.29, 1.82) is 0 Å². The molecule has 2 rings (SSSR count). The molecule has 0 radical (unpaired) electrons. The van der Waals surface area contributed by atoms with Crippen molar-refractivity contribution < 1.29 is 14.3 Å². The van der Waals surface area contributed by atoms with Crippen LogP contribution in [-0.4, -0.2) is 35.0 Å². The highest BCUT2D eigenvalue weighted by Crippen LogP contribution is 2.24. The number of carbonyl (C=O) groups is 1. The number of hydrogen-bond acceptors (Lipinski definition) is 5. The van der Waals surface area contributed by atoms with Crippen LogP contribution in [0.15, 0.2) is 30.5 Å². The van der Waals surface area contributed by atoms with Crippen molar-refractivity contribution in [2.45, 2.75) is 6.92 Å². The average molecular weight is 320 g/mol. The Balaban J connectivity index is 2.08. The topological polar surface area (TPSA) is 88.3 Å². The van der Waals surface area contributed by atoms with E-state index < -0.39 is 5.97 Å². The second-order valence-electron chi connectivity index (χ2n) is 4.16. The molecule has 1 heterocycles. The van der Waals surface area contributed by atoms with Gasteiger partial charge in [-0.25, -0.2) is 4.79 Å². The van der Waals surface area contributed by atoms with E-state index in [9.17, 15) is 4.79 Å². The monoisotopic (exact) mass is 320 g/mol. The molecule has 0 fully saturated rings. The molecule has 0 aliphatic heterocycles. The number of aromatic nitrogens is 2. The van der Waals surface area contributed by atoms with Crippen LogP contribution in [0.25, 0.3) is 0 Å². The van der Waals surface area contributed by atoms with E-state index in [0.717, 1.165) is 5.69 Å². The molecule has 8 heteroatoms. The zero-order chi connectivity index (χ0) is 15.9. The third kappa shape index (κ3) is 3.73. The van der Waals surface area contributed by atoms with Crippen LogP contribution in [0.3, 0.4) is 0 Å². The van der Waals surface area contributed by atoms with E-state index >= 15 is 0 Å². The molecule has 1 aromatic heterocycles. The lowest BCUT2D eigenvalue weighted by atomic mass is 10.3. The van der Waals surface area contributed by atoms with Gasteiger partial charge in [-0.05, 0) is 31.3 Å². The lowest BCUT2D eigenvalue weighted by Crippen LogP contribution is -2.21. The molecule has 0 spiro atoms. The van der Waals surface area contributed by atoms with E-state index in [1.165, 1.54) is 13.3 Å². The van der Waals surface area contributed by atoms with Crippen LogP contribution >= 0.6 is 12.2 Å². The van der Waals surface area contributed by atoms with Gasteiger partial charge in [-0.1, -0.05) is 12.1 Å². The first-order valence-corrected chi connectivity index (χ1v) is 6.98. The lowest BCUT2D eigenvalue weighted by molar-refractivity contribution is 0.0602. The van der Waals surface area contributed by atoms with Gasteiger partial charge in [0.15, 0.2) is 5.11 Å². The van der Waals surface area contributed by atoms with Crippen LogP contribution in [0, 0.1) is 0 Å². The summed E-state index contributed by atoms with van der Waals surface area (Å²) >= 11 is 5.23. The number of methoxy groups -OCH3 is 1. The normalized spacial score (nSPS) is 9.91. The number of nitrogens with one attached hydrogen (secondary N) is 3. The Kier molecular flexibility index (Phi) is 5.31. The van der Waals surface area contributed by atoms with Gasteiger partial charge in [-0.15, -0.1) is 0 Å². The minimum atomic E-state index is -0.506. The summed E-state index contributed by atoms with van der Waals surface area (Å²) < 4.78 is 10.2. The smallest absolute Gasteiger partial charge is 0.343 e. The van der Waals surface area contributed by atoms with Crippen molar-refractivity contribution in [3.8, 4) is 5.75 Å². The van der Waals surface area contributed by atoms with Crippen LogP contribution in [0.5, 0.6) is 5.75 Å². The van der Waals surface area contributed by atoms with Gasteiger partial charge in [0, 0.05) is 0 Å². The molecule has 0 bridgehead atoms. The fourth-order valence-corrected chi connectivity index (χ4v) is 1.98. The van der Waals surface area contributed by atoms with Gasteiger partial charge in [0.05, 0.1) is 25.6 Å². The molecule has 0 amide bonds. The summed E-state index contributed by atoms with van der Waals surface area (Å²) in [4.78, 5) is 11.6. The molecule has 0 saturated heterocycles. The number of anilines is 2. The summed E-state index contributed by atoms with van der Waals surface area (Å²) in [5, 5.41) is 12.6. The van der Waals surface area contributed by atoms with E-state index in [4.69, 9.17) is 17.0 Å².